The van der Waals surface area contributed by atoms with Crippen molar-refractivity contribution in [3.05, 3.63) is 66.2 Å². The van der Waals surface area contributed by atoms with Crippen LogP contribution >= 0.6 is 0 Å². The highest BCUT2D eigenvalue weighted by Gasteiger charge is 1.93. The fourth-order valence-corrected chi connectivity index (χ4v) is 1.59. The molecule has 2 rings (SSSR count). The molecule has 0 bridgehead atoms. The molecular weight excluding hydrogens is 236 g/mol. The van der Waals surface area contributed by atoms with Crippen molar-refractivity contribution in [3.63, 3.8) is 0 Å². The molecule has 2 aromatic carbocycles. The molecule has 0 saturated carbocycles. The first-order valence-electron chi connectivity index (χ1n) is 5.99. The largest absolute Gasteiger partial charge is 0.497 e. The number of ether oxygens (including phenoxy) is 1. The topological polar surface area (TPSA) is 47.6 Å². The molecule has 0 aromatic heterocycles. The lowest BCUT2D eigenvalue weighted by atomic mass is 10.2. The van der Waals surface area contributed by atoms with Crippen LogP contribution < -0.4 is 10.5 Å². The maximum atomic E-state index is 5.86. The molecule has 0 spiro atoms. The van der Waals surface area contributed by atoms with E-state index in [2.05, 4.69) is 4.99 Å². The fourth-order valence-electron chi connectivity index (χ4n) is 1.59. The molecule has 0 heterocycles. The van der Waals surface area contributed by atoms with Crippen LogP contribution in [0.1, 0.15) is 5.56 Å². The van der Waals surface area contributed by atoms with Crippen molar-refractivity contribution in [2.45, 2.75) is 0 Å². The van der Waals surface area contributed by atoms with Crippen LogP contribution in [0, 0.1) is 0 Å². The van der Waals surface area contributed by atoms with Gasteiger partial charge in [-0.05, 0) is 35.9 Å². The molecule has 0 saturated heterocycles. The average molecular weight is 252 g/mol. The Kier molecular flexibility index (Phi) is 4.34. The quantitative estimate of drug-likeness (QED) is 0.669. The van der Waals surface area contributed by atoms with Crippen LogP contribution in [0.25, 0.3) is 6.08 Å². The summed E-state index contributed by atoms with van der Waals surface area (Å²) in [6.45, 7) is 0. The standard InChI is InChI=1S/C16H16N2O/c1-19-15-10-8-14(9-11-15)18-16(17)12-7-13-5-3-2-4-6-13/h2-12H,1H3,(H2,17,18). The molecule has 2 N–H and O–H groups in total. The highest BCUT2D eigenvalue weighted by molar-refractivity contribution is 5.96. The van der Waals surface area contributed by atoms with E-state index in [1.807, 2.05) is 60.7 Å². The fraction of sp³-hybridized carbons (Fsp3) is 0.0625. The lowest BCUT2D eigenvalue weighted by Crippen LogP contribution is -2.06. The van der Waals surface area contributed by atoms with Gasteiger partial charge < -0.3 is 10.5 Å². The van der Waals surface area contributed by atoms with Gasteiger partial charge in [-0.1, -0.05) is 36.4 Å². The van der Waals surface area contributed by atoms with Crippen molar-refractivity contribution >= 4 is 17.6 Å². The number of nitrogens with two attached hydrogens (primary N) is 1. The maximum Gasteiger partial charge on any atom is 0.124 e. The van der Waals surface area contributed by atoms with Crippen molar-refractivity contribution in [3.8, 4) is 5.75 Å². The maximum absolute atomic E-state index is 5.86. The van der Waals surface area contributed by atoms with Gasteiger partial charge in [-0.15, -0.1) is 0 Å². The number of nitrogens with zero attached hydrogens (tertiary/aromatic N) is 1. The number of methoxy groups -OCH3 is 1. The second-order valence-corrected chi connectivity index (χ2v) is 3.98. The first-order valence-corrected chi connectivity index (χ1v) is 5.99. The Bertz CT molecular complexity index is 571. The predicted octanol–water partition coefficient (Wildman–Crippen LogP) is 3.40. The van der Waals surface area contributed by atoms with Crippen molar-refractivity contribution < 1.29 is 4.74 Å². The van der Waals surface area contributed by atoms with Gasteiger partial charge in [-0.2, -0.15) is 0 Å². The number of rotatable bonds is 4. The van der Waals surface area contributed by atoms with Gasteiger partial charge in [0.25, 0.3) is 0 Å². The third-order valence-corrected chi connectivity index (χ3v) is 2.58. The molecule has 0 amide bonds. The lowest BCUT2D eigenvalue weighted by molar-refractivity contribution is 0.415. The van der Waals surface area contributed by atoms with E-state index >= 15 is 0 Å². The summed E-state index contributed by atoms with van der Waals surface area (Å²) < 4.78 is 5.09. The first kappa shape index (κ1) is 12.9. The van der Waals surface area contributed by atoms with E-state index in [1.165, 1.54) is 0 Å². The first-order chi connectivity index (χ1) is 9.28. The Morgan fingerprint density at radius 2 is 1.74 bits per heavy atom. The van der Waals surface area contributed by atoms with Gasteiger partial charge in [0.15, 0.2) is 0 Å². The van der Waals surface area contributed by atoms with Gasteiger partial charge in [0.2, 0.25) is 0 Å². The molecule has 0 aliphatic heterocycles. The van der Waals surface area contributed by atoms with E-state index in [0.717, 1.165) is 17.0 Å². The summed E-state index contributed by atoms with van der Waals surface area (Å²) >= 11 is 0. The minimum absolute atomic E-state index is 0.467. The smallest absolute Gasteiger partial charge is 0.124 e. The zero-order chi connectivity index (χ0) is 13.5. The van der Waals surface area contributed by atoms with Crippen LogP contribution in [-0.4, -0.2) is 12.9 Å². The molecule has 0 aliphatic rings. The van der Waals surface area contributed by atoms with E-state index in [0.29, 0.717) is 5.84 Å². The summed E-state index contributed by atoms with van der Waals surface area (Å²) in [5.74, 6) is 1.27. The van der Waals surface area contributed by atoms with Crippen LogP contribution in [0.3, 0.4) is 0 Å². The normalized spacial score (nSPS) is 11.7. The Morgan fingerprint density at radius 1 is 1.05 bits per heavy atom. The summed E-state index contributed by atoms with van der Waals surface area (Å²) in [7, 11) is 1.63. The second kappa shape index (κ2) is 6.40. The van der Waals surface area contributed by atoms with Gasteiger partial charge in [0.05, 0.1) is 12.8 Å². The molecular formula is C16H16N2O. The summed E-state index contributed by atoms with van der Waals surface area (Å²) in [5, 5.41) is 0. The van der Waals surface area contributed by atoms with Gasteiger partial charge in [0, 0.05) is 0 Å². The molecule has 0 fully saturated rings. The molecule has 0 radical (unpaired) electrons. The summed E-state index contributed by atoms with van der Waals surface area (Å²) in [6.07, 6.45) is 3.72. The Hall–Kier alpha value is -2.55. The van der Waals surface area contributed by atoms with Crippen LogP contribution in [0.2, 0.25) is 0 Å². The Morgan fingerprint density at radius 3 is 2.37 bits per heavy atom. The number of hydrogen-bond donors (Lipinski definition) is 1. The van der Waals surface area contributed by atoms with Crippen molar-refractivity contribution in [1.82, 2.24) is 0 Å². The van der Waals surface area contributed by atoms with E-state index in [-0.39, 0.29) is 0 Å². The SMILES string of the molecule is COc1ccc(N=C(N)C=Cc2ccccc2)cc1. The minimum Gasteiger partial charge on any atom is -0.497 e. The minimum atomic E-state index is 0.467. The highest BCUT2D eigenvalue weighted by Crippen LogP contribution is 2.17. The second-order valence-electron chi connectivity index (χ2n) is 3.98. The average Bonchev–Trinajstić information content (AvgIpc) is 2.47. The van der Waals surface area contributed by atoms with E-state index in [4.69, 9.17) is 10.5 Å². The molecule has 3 heteroatoms. The van der Waals surface area contributed by atoms with Gasteiger partial charge in [-0.3, -0.25) is 0 Å². The van der Waals surface area contributed by atoms with Crippen LogP contribution in [-0.2, 0) is 0 Å². The zero-order valence-corrected chi connectivity index (χ0v) is 10.8. The molecule has 96 valence electrons. The van der Waals surface area contributed by atoms with Gasteiger partial charge >= 0.3 is 0 Å². The van der Waals surface area contributed by atoms with Crippen molar-refractivity contribution in [1.29, 1.82) is 0 Å². The number of amidine groups is 1. The number of aliphatic imine (C=N–C) groups is 1. The van der Waals surface area contributed by atoms with Gasteiger partial charge in [-0.25, -0.2) is 4.99 Å². The molecule has 0 aliphatic carbocycles. The van der Waals surface area contributed by atoms with E-state index < -0.39 is 0 Å². The van der Waals surface area contributed by atoms with E-state index in [9.17, 15) is 0 Å². The van der Waals surface area contributed by atoms with E-state index in [1.54, 1.807) is 13.2 Å². The Labute approximate surface area is 113 Å². The van der Waals surface area contributed by atoms with Gasteiger partial charge in [0.1, 0.15) is 11.6 Å². The van der Waals surface area contributed by atoms with Crippen molar-refractivity contribution in [2.24, 2.45) is 10.7 Å². The summed E-state index contributed by atoms with van der Waals surface area (Å²) in [4.78, 5) is 4.30. The zero-order valence-electron chi connectivity index (χ0n) is 10.8. The highest BCUT2D eigenvalue weighted by atomic mass is 16.5. The third kappa shape index (κ3) is 4.00. The lowest BCUT2D eigenvalue weighted by Gasteiger charge is -1.99. The molecule has 0 unspecified atom stereocenters. The molecule has 19 heavy (non-hydrogen) atoms. The molecule has 3 nitrogen and oxygen atoms in total. The number of benzene rings is 2. The molecule has 2 aromatic rings. The van der Waals surface area contributed by atoms with Crippen molar-refractivity contribution in [2.75, 3.05) is 7.11 Å². The molecule has 0 atom stereocenters. The number of hydrogen-bond acceptors (Lipinski definition) is 2. The summed E-state index contributed by atoms with van der Waals surface area (Å²) in [5.41, 5.74) is 7.75. The van der Waals surface area contributed by atoms with Crippen LogP contribution in [0.5, 0.6) is 5.75 Å². The summed E-state index contributed by atoms with van der Waals surface area (Å²) in [6, 6.07) is 17.4. The monoisotopic (exact) mass is 252 g/mol. The van der Waals surface area contributed by atoms with Crippen LogP contribution in [0.4, 0.5) is 5.69 Å². The Balaban J connectivity index is 2.08. The third-order valence-electron chi connectivity index (χ3n) is 2.58. The predicted molar refractivity (Wildman–Crippen MR) is 79.8 cm³/mol. The van der Waals surface area contributed by atoms with Crippen LogP contribution in [0.15, 0.2) is 65.7 Å².